The van der Waals surface area contributed by atoms with Crippen molar-refractivity contribution in [3.05, 3.63) is 90.0 Å². The van der Waals surface area contributed by atoms with Crippen LogP contribution in [0.5, 0.6) is 11.5 Å². The first kappa shape index (κ1) is 17.5. The summed E-state index contributed by atoms with van der Waals surface area (Å²) in [4.78, 5) is 12.5. The maximum atomic E-state index is 12.6. The van der Waals surface area contributed by atoms with Crippen molar-refractivity contribution in [1.82, 2.24) is 0 Å². The van der Waals surface area contributed by atoms with E-state index in [1.54, 1.807) is 48.5 Å². The third-order valence-corrected chi connectivity index (χ3v) is 3.57. The minimum absolute atomic E-state index is 0.262. The van der Waals surface area contributed by atoms with Crippen LogP contribution in [0, 0.1) is 0 Å². The summed E-state index contributed by atoms with van der Waals surface area (Å²) in [6.45, 7) is 0. The van der Waals surface area contributed by atoms with Crippen LogP contribution in [0.1, 0.15) is 15.9 Å². The molecule has 3 nitrogen and oxygen atoms in total. The Morgan fingerprint density at radius 2 is 1.42 bits per heavy atom. The number of halogens is 3. The molecule has 0 fully saturated rings. The molecule has 6 heteroatoms. The van der Waals surface area contributed by atoms with Crippen LogP contribution in [0.3, 0.4) is 0 Å². The first-order valence-corrected chi connectivity index (χ1v) is 7.74. The predicted octanol–water partition coefficient (Wildman–Crippen LogP) is 5.75. The number of benzene rings is 3. The summed E-state index contributed by atoms with van der Waals surface area (Å²) in [5.74, 6) is 0.446. The van der Waals surface area contributed by atoms with Gasteiger partial charge in [0.05, 0.1) is 11.1 Å². The number of nitrogens with one attached hydrogen (secondary N) is 1. The number of rotatable bonds is 4. The molecule has 0 aliphatic heterocycles. The molecular weight excluding hydrogens is 343 g/mol. The number of carbonyl (C=O) groups is 1. The van der Waals surface area contributed by atoms with Crippen LogP contribution in [-0.4, -0.2) is 5.91 Å². The van der Waals surface area contributed by atoms with E-state index in [0.717, 1.165) is 12.1 Å². The standard InChI is InChI=1S/C20H14F3NO2/c21-20(22,23)14-10-12-15(13-11-14)24-19(25)17-8-4-5-9-18(17)26-16-6-2-1-3-7-16/h1-13H,(H,24,25). The molecule has 0 aliphatic carbocycles. The number of amides is 1. The zero-order chi connectivity index (χ0) is 18.6. The maximum Gasteiger partial charge on any atom is 0.416 e. The summed E-state index contributed by atoms with van der Waals surface area (Å²) in [5.41, 5.74) is -0.239. The van der Waals surface area contributed by atoms with Crippen LogP contribution in [0.15, 0.2) is 78.9 Å². The Hall–Kier alpha value is -3.28. The topological polar surface area (TPSA) is 38.3 Å². The largest absolute Gasteiger partial charge is 0.457 e. The molecule has 1 amide bonds. The van der Waals surface area contributed by atoms with E-state index in [1.807, 2.05) is 6.07 Å². The molecule has 132 valence electrons. The molecule has 0 radical (unpaired) electrons. The van der Waals surface area contributed by atoms with E-state index >= 15 is 0 Å². The van der Waals surface area contributed by atoms with E-state index in [9.17, 15) is 18.0 Å². The lowest BCUT2D eigenvalue weighted by Gasteiger charge is -2.12. The number of anilines is 1. The molecule has 1 N–H and O–H groups in total. The second-order valence-corrected chi connectivity index (χ2v) is 5.44. The highest BCUT2D eigenvalue weighted by Gasteiger charge is 2.30. The van der Waals surface area contributed by atoms with Gasteiger partial charge in [-0.25, -0.2) is 0 Å². The number of para-hydroxylation sites is 2. The average molecular weight is 357 g/mol. The van der Waals surface area contributed by atoms with Gasteiger partial charge < -0.3 is 10.1 Å². The summed E-state index contributed by atoms with van der Waals surface area (Å²) >= 11 is 0. The summed E-state index contributed by atoms with van der Waals surface area (Å²) in [6, 6.07) is 19.9. The Morgan fingerprint density at radius 3 is 2.08 bits per heavy atom. The SMILES string of the molecule is O=C(Nc1ccc(C(F)(F)F)cc1)c1ccccc1Oc1ccccc1. The quantitative estimate of drug-likeness (QED) is 0.646. The Balaban J connectivity index is 1.78. The van der Waals surface area contributed by atoms with Gasteiger partial charge in [-0.3, -0.25) is 4.79 Å². The Bertz CT molecular complexity index is 891. The van der Waals surface area contributed by atoms with E-state index in [0.29, 0.717) is 11.5 Å². The Labute approximate surface area is 148 Å². The van der Waals surface area contributed by atoms with Crippen molar-refractivity contribution in [1.29, 1.82) is 0 Å². The van der Waals surface area contributed by atoms with Crippen molar-refractivity contribution in [3.8, 4) is 11.5 Å². The minimum atomic E-state index is -4.42. The van der Waals surface area contributed by atoms with Gasteiger partial charge in [0.1, 0.15) is 11.5 Å². The minimum Gasteiger partial charge on any atom is -0.457 e. The van der Waals surface area contributed by atoms with Crippen molar-refractivity contribution >= 4 is 11.6 Å². The van der Waals surface area contributed by atoms with Gasteiger partial charge in [0.25, 0.3) is 5.91 Å². The molecule has 0 bridgehead atoms. The van der Waals surface area contributed by atoms with Gasteiger partial charge >= 0.3 is 6.18 Å². The van der Waals surface area contributed by atoms with E-state index in [2.05, 4.69) is 5.32 Å². The molecule has 0 saturated heterocycles. The van der Waals surface area contributed by atoms with Crippen LogP contribution >= 0.6 is 0 Å². The lowest BCUT2D eigenvalue weighted by atomic mass is 10.1. The van der Waals surface area contributed by atoms with Crippen LogP contribution in [0.2, 0.25) is 0 Å². The molecule has 0 spiro atoms. The highest BCUT2D eigenvalue weighted by atomic mass is 19.4. The zero-order valence-electron chi connectivity index (χ0n) is 13.5. The van der Waals surface area contributed by atoms with Crippen molar-refractivity contribution < 1.29 is 22.7 Å². The molecule has 0 atom stereocenters. The highest BCUT2D eigenvalue weighted by Crippen LogP contribution is 2.30. The normalized spacial score (nSPS) is 11.0. The lowest BCUT2D eigenvalue weighted by molar-refractivity contribution is -0.137. The summed E-state index contributed by atoms with van der Waals surface area (Å²) in [7, 11) is 0. The molecule has 0 unspecified atom stereocenters. The van der Waals surface area contributed by atoms with E-state index in [1.165, 1.54) is 12.1 Å². The molecule has 0 heterocycles. The molecule has 0 aromatic heterocycles. The molecule has 0 saturated carbocycles. The predicted molar refractivity (Wildman–Crippen MR) is 92.4 cm³/mol. The van der Waals surface area contributed by atoms with Gasteiger partial charge in [-0.05, 0) is 48.5 Å². The number of hydrogen-bond acceptors (Lipinski definition) is 2. The van der Waals surface area contributed by atoms with Crippen molar-refractivity contribution in [2.75, 3.05) is 5.32 Å². The number of carbonyl (C=O) groups excluding carboxylic acids is 1. The van der Waals surface area contributed by atoms with Crippen LogP contribution in [-0.2, 0) is 6.18 Å². The fourth-order valence-electron chi connectivity index (χ4n) is 2.30. The van der Waals surface area contributed by atoms with Gasteiger partial charge in [0.2, 0.25) is 0 Å². The molecule has 0 aliphatic rings. The molecule has 3 aromatic carbocycles. The van der Waals surface area contributed by atoms with Gasteiger partial charge in [-0.15, -0.1) is 0 Å². The maximum absolute atomic E-state index is 12.6. The van der Waals surface area contributed by atoms with Gasteiger partial charge in [0.15, 0.2) is 0 Å². The molecule has 3 aromatic rings. The fraction of sp³-hybridized carbons (Fsp3) is 0.0500. The Morgan fingerprint density at radius 1 is 0.808 bits per heavy atom. The zero-order valence-corrected chi connectivity index (χ0v) is 13.5. The van der Waals surface area contributed by atoms with Crippen LogP contribution in [0.4, 0.5) is 18.9 Å². The van der Waals surface area contributed by atoms with Gasteiger partial charge in [-0.2, -0.15) is 13.2 Å². The smallest absolute Gasteiger partial charge is 0.416 e. The molecular formula is C20H14F3NO2. The first-order chi connectivity index (χ1) is 12.4. The third-order valence-electron chi connectivity index (χ3n) is 3.57. The lowest BCUT2D eigenvalue weighted by Crippen LogP contribution is -2.13. The average Bonchev–Trinajstić information content (AvgIpc) is 2.63. The van der Waals surface area contributed by atoms with Crippen molar-refractivity contribution in [3.63, 3.8) is 0 Å². The van der Waals surface area contributed by atoms with Gasteiger partial charge in [-0.1, -0.05) is 30.3 Å². The number of alkyl halides is 3. The van der Waals surface area contributed by atoms with E-state index in [-0.39, 0.29) is 11.3 Å². The van der Waals surface area contributed by atoms with Crippen LogP contribution in [0.25, 0.3) is 0 Å². The number of ether oxygens (including phenoxy) is 1. The van der Waals surface area contributed by atoms with E-state index < -0.39 is 17.6 Å². The number of hydrogen-bond donors (Lipinski definition) is 1. The summed E-state index contributed by atoms with van der Waals surface area (Å²) in [5, 5.41) is 2.58. The first-order valence-electron chi connectivity index (χ1n) is 7.74. The third kappa shape index (κ3) is 4.22. The van der Waals surface area contributed by atoms with Crippen LogP contribution < -0.4 is 10.1 Å². The van der Waals surface area contributed by atoms with E-state index in [4.69, 9.17) is 4.74 Å². The molecule has 3 rings (SSSR count). The van der Waals surface area contributed by atoms with Gasteiger partial charge in [0, 0.05) is 5.69 Å². The second-order valence-electron chi connectivity index (χ2n) is 5.44. The Kier molecular flexibility index (Phi) is 4.93. The second kappa shape index (κ2) is 7.31. The highest BCUT2D eigenvalue weighted by molar-refractivity contribution is 6.06. The summed E-state index contributed by atoms with van der Waals surface area (Å²) < 4.78 is 43.5. The fourth-order valence-corrected chi connectivity index (χ4v) is 2.30. The summed E-state index contributed by atoms with van der Waals surface area (Å²) in [6.07, 6.45) is -4.42. The monoisotopic (exact) mass is 357 g/mol. The van der Waals surface area contributed by atoms with Crippen molar-refractivity contribution in [2.24, 2.45) is 0 Å². The van der Waals surface area contributed by atoms with Crippen molar-refractivity contribution in [2.45, 2.75) is 6.18 Å². The molecule has 26 heavy (non-hydrogen) atoms.